The topological polar surface area (TPSA) is 41.5 Å². The molecule has 1 atom stereocenters. The minimum atomic E-state index is -0.365. The Morgan fingerprint density at radius 3 is 2.69 bits per heavy atom. The first-order valence-corrected chi connectivity index (χ1v) is 5.21. The second-order valence-corrected chi connectivity index (χ2v) is 3.35. The van der Waals surface area contributed by atoms with Gasteiger partial charge in [0.2, 0.25) is 0 Å². The van der Waals surface area contributed by atoms with Crippen molar-refractivity contribution in [3.8, 4) is 0 Å². The third-order valence-corrected chi connectivity index (χ3v) is 1.89. The van der Waals surface area contributed by atoms with Gasteiger partial charge in [-0.1, -0.05) is 26.2 Å². The highest BCUT2D eigenvalue weighted by Gasteiger charge is 2.00. The molecule has 2 N–H and O–H groups in total. The fourth-order valence-corrected chi connectivity index (χ4v) is 1.14. The van der Waals surface area contributed by atoms with Crippen molar-refractivity contribution >= 4 is 0 Å². The summed E-state index contributed by atoms with van der Waals surface area (Å²) < 4.78 is 5.30. The Kier molecular flexibility index (Phi) is 9.87. The first-order chi connectivity index (χ1) is 6.31. The van der Waals surface area contributed by atoms with E-state index in [1.165, 1.54) is 19.3 Å². The molecule has 3 nitrogen and oxygen atoms in total. The van der Waals surface area contributed by atoms with Crippen molar-refractivity contribution in [1.82, 2.24) is 5.32 Å². The van der Waals surface area contributed by atoms with E-state index >= 15 is 0 Å². The largest absolute Gasteiger partial charge is 0.389 e. The van der Waals surface area contributed by atoms with Crippen LogP contribution in [0.2, 0.25) is 0 Å². The maximum Gasteiger partial charge on any atom is 0.0897 e. The van der Waals surface area contributed by atoms with Gasteiger partial charge in [-0.05, 0) is 13.5 Å². The molecule has 0 aromatic rings. The van der Waals surface area contributed by atoms with E-state index in [1.54, 1.807) is 0 Å². The normalized spacial score (nSPS) is 13.2. The van der Waals surface area contributed by atoms with Crippen LogP contribution in [-0.4, -0.2) is 38.0 Å². The first kappa shape index (κ1) is 12.9. The van der Waals surface area contributed by atoms with Crippen LogP contribution in [0.1, 0.15) is 32.6 Å². The predicted molar refractivity (Wildman–Crippen MR) is 54.9 cm³/mol. The van der Waals surface area contributed by atoms with Crippen LogP contribution < -0.4 is 5.32 Å². The molecule has 0 radical (unpaired) electrons. The summed E-state index contributed by atoms with van der Waals surface area (Å²) in [6.45, 7) is 4.03. The summed E-state index contributed by atoms with van der Waals surface area (Å²) in [7, 11) is 1.82. The monoisotopic (exact) mass is 189 g/mol. The van der Waals surface area contributed by atoms with E-state index < -0.39 is 0 Å². The standard InChI is InChI=1S/C10H23NO2/c1-3-4-5-6-7-13-9-10(12)8-11-2/h10-12H,3-9H2,1-2H3. The molecule has 80 valence electrons. The molecule has 0 saturated carbocycles. The molecular weight excluding hydrogens is 166 g/mol. The summed E-state index contributed by atoms with van der Waals surface area (Å²) in [6, 6.07) is 0. The fraction of sp³-hybridized carbons (Fsp3) is 1.00. The van der Waals surface area contributed by atoms with Crippen LogP contribution in [0.4, 0.5) is 0 Å². The van der Waals surface area contributed by atoms with Crippen LogP contribution in [0.5, 0.6) is 0 Å². The molecule has 0 aromatic heterocycles. The minimum absolute atomic E-state index is 0.365. The van der Waals surface area contributed by atoms with Crippen LogP contribution in [0.25, 0.3) is 0 Å². The smallest absolute Gasteiger partial charge is 0.0897 e. The first-order valence-electron chi connectivity index (χ1n) is 5.21. The summed E-state index contributed by atoms with van der Waals surface area (Å²) in [5, 5.41) is 12.2. The van der Waals surface area contributed by atoms with E-state index in [0.717, 1.165) is 13.0 Å². The fourth-order valence-electron chi connectivity index (χ4n) is 1.14. The zero-order valence-electron chi connectivity index (χ0n) is 8.88. The molecule has 0 heterocycles. The van der Waals surface area contributed by atoms with Crippen molar-refractivity contribution in [2.75, 3.05) is 26.8 Å². The van der Waals surface area contributed by atoms with E-state index in [0.29, 0.717) is 13.2 Å². The lowest BCUT2D eigenvalue weighted by molar-refractivity contribution is 0.0364. The molecule has 1 unspecified atom stereocenters. The Morgan fingerprint density at radius 2 is 2.08 bits per heavy atom. The van der Waals surface area contributed by atoms with Crippen molar-refractivity contribution in [1.29, 1.82) is 0 Å². The number of aliphatic hydroxyl groups excluding tert-OH is 1. The van der Waals surface area contributed by atoms with Crippen LogP contribution in [0, 0.1) is 0 Å². The van der Waals surface area contributed by atoms with Crippen molar-refractivity contribution in [2.45, 2.75) is 38.7 Å². The third kappa shape index (κ3) is 9.80. The molecular formula is C10H23NO2. The molecule has 0 aliphatic heterocycles. The van der Waals surface area contributed by atoms with Gasteiger partial charge in [-0.15, -0.1) is 0 Å². The second kappa shape index (κ2) is 9.96. The second-order valence-electron chi connectivity index (χ2n) is 3.35. The number of hydrogen-bond acceptors (Lipinski definition) is 3. The van der Waals surface area contributed by atoms with Crippen molar-refractivity contribution in [3.05, 3.63) is 0 Å². The molecule has 3 heteroatoms. The van der Waals surface area contributed by atoms with E-state index in [4.69, 9.17) is 4.74 Å². The molecule has 0 amide bonds. The van der Waals surface area contributed by atoms with Gasteiger partial charge in [-0.2, -0.15) is 0 Å². The van der Waals surface area contributed by atoms with Crippen LogP contribution >= 0.6 is 0 Å². The summed E-state index contributed by atoms with van der Waals surface area (Å²) in [5.41, 5.74) is 0. The van der Waals surface area contributed by atoms with Crippen molar-refractivity contribution < 1.29 is 9.84 Å². The van der Waals surface area contributed by atoms with Gasteiger partial charge in [0, 0.05) is 13.2 Å². The van der Waals surface area contributed by atoms with Crippen LogP contribution in [0.15, 0.2) is 0 Å². The van der Waals surface area contributed by atoms with E-state index in [9.17, 15) is 5.11 Å². The average molecular weight is 189 g/mol. The summed E-state index contributed by atoms with van der Waals surface area (Å²) in [5.74, 6) is 0. The van der Waals surface area contributed by atoms with E-state index in [-0.39, 0.29) is 6.10 Å². The molecule has 0 aliphatic carbocycles. The Balaban J connectivity index is 2.97. The van der Waals surface area contributed by atoms with Gasteiger partial charge in [0.15, 0.2) is 0 Å². The number of ether oxygens (including phenoxy) is 1. The average Bonchev–Trinajstić information content (AvgIpc) is 2.11. The molecule has 13 heavy (non-hydrogen) atoms. The van der Waals surface area contributed by atoms with Gasteiger partial charge in [0.25, 0.3) is 0 Å². The summed E-state index contributed by atoms with van der Waals surface area (Å²) >= 11 is 0. The number of hydrogen-bond donors (Lipinski definition) is 2. The zero-order valence-corrected chi connectivity index (χ0v) is 8.88. The highest BCUT2D eigenvalue weighted by Crippen LogP contribution is 1.98. The lowest BCUT2D eigenvalue weighted by Crippen LogP contribution is -2.28. The van der Waals surface area contributed by atoms with Crippen molar-refractivity contribution in [3.63, 3.8) is 0 Å². The number of likely N-dealkylation sites (N-methyl/N-ethyl adjacent to an activating group) is 1. The molecule has 0 saturated heterocycles. The Morgan fingerprint density at radius 1 is 1.31 bits per heavy atom. The molecule has 0 bridgehead atoms. The summed E-state index contributed by atoms with van der Waals surface area (Å²) in [6.07, 6.45) is 4.51. The quantitative estimate of drug-likeness (QED) is 0.535. The number of nitrogens with one attached hydrogen (secondary N) is 1. The lowest BCUT2D eigenvalue weighted by atomic mass is 10.2. The van der Waals surface area contributed by atoms with Gasteiger partial charge in [-0.25, -0.2) is 0 Å². The lowest BCUT2D eigenvalue weighted by Gasteiger charge is -2.10. The Hall–Kier alpha value is -0.120. The number of unbranched alkanes of at least 4 members (excludes halogenated alkanes) is 3. The maximum atomic E-state index is 9.26. The van der Waals surface area contributed by atoms with Gasteiger partial charge in [0.1, 0.15) is 0 Å². The predicted octanol–water partition coefficient (Wildman–Crippen LogP) is 1.16. The molecule has 0 aliphatic rings. The van der Waals surface area contributed by atoms with Gasteiger partial charge in [-0.3, -0.25) is 0 Å². The number of rotatable bonds is 9. The van der Waals surface area contributed by atoms with Crippen LogP contribution in [0.3, 0.4) is 0 Å². The maximum absolute atomic E-state index is 9.26. The molecule has 0 rings (SSSR count). The van der Waals surface area contributed by atoms with Gasteiger partial charge >= 0.3 is 0 Å². The summed E-state index contributed by atoms with van der Waals surface area (Å²) in [4.78, 5) is 0. The SMILES string of the molecule is CCCCCCOCC(O)CNC. The minimum Gasteiger partial charge on any atom is -0.389 e. The van der Waals surface area contributed by atoms with Crippen LogP contribution in [-0.2, 0) is 4.74 Å². The Labute approximate surface area is 81.5 Å². The number of aliphatic hydroxyl groups is 1. The molecule has 0 spiro atoms. The molecule has 0 fully saturated rings. The van der Waals surface area contributed by atoms with E-state index in [1.807, 2.05) is 7.05 Å². The third-order valence-electron chi connectivity index (χ3n) is 1.89. The van der Waals surface area contributed by atoms with Gasteiger partial charge in [0.05, 0.1) is 12.7 Å². The van der Waals surface area contributed by atoms with Gasteiger partial charge < -0.3 is 15.2 Å². The van der Waals surface area contributed by atoms with Crippen molar-refractivity contribution in [2.24, 2.45) is 0 Å². The highest BCUT2D eigenvalue weighted by atomic mass is 16.5. The Bertz CT molecular complexity index is 98.9. The van der Waals surface area contributed by atoms with E-state index in [2.05, 4.69) is 12.2 Å². The highest BCUT2D eigenvalue weighted by molar-refractivity contribution is 4.54. The molecule has 0 aromatic carbocycles. The zero-order chi connectivity index (χ0) is 9.94.